The van der Waals surface area contributed by atoms with Gasteiger partial charge in [0.25, 0.3) is 0 Å². The Balaban J connectivity index is 2.17. The van der Waals surface area contributed by atoms with Gasteiger partial charge in [-0.2, -0.15) is 4.31 Å². The van der Waals surface area contributed by atoms with Crippen molar-refractivity contribution in [1.29, 1.82) is 0 Å². The molecule has 1 heterocycles. The van der Waals surface area contributed by atoms with Gasteiger partial charge in [-0.15, -0.1) is 0 Å². The third-order valence-electron chi connectivity index (χ3n) is 3.33. The van der Waals surface area contributed by atoms with E-state index < -0.39 is 15.8 Å². The van der Waals surface area contributed by atoms with E-state index in [1.807, 2.05) is 6.92 Å². The van der Waals surface area contributed by atoms with E-state index in [1.54, 1.807) is 0 Å². The van der Waals surface area contributed by atoms with Gasteiger partial charge in [-0.1, -0.05) is 6.92 Å². The predicted octanol–water partition coefficient (Wildman–Crippen LogP) is 1.59. The molecule has 0 amide bonds. The highest BCUT2D eigenvalue weighted by Gasteiger charge is 2.29. The number of sulfonamides is 1. The molecule has 19 heavy (non-hydrogen) atoms. The highest BCUT2D eigenvalue weighted by Crippen LogP contribution is 2.20. The molecular weight excluding hydrogens is 267 g/mol. The number of nitrogens with one attached hydrogen (secondary N) is 1. The number of hydrogen-bond acceptors (Lipinski definition) is 3. The first-order valence-electron chi connectivity index (χ1n) is 6.53. The summed E-state index contributed by atoms with van der Waals surface area (Å²) in [5, 5.41) is 3.28. The van der Waals surface area contributed by atoms with Gasteiger partial charge in [-0.25, -0.2) is 12.8 Å². The van der Waals surface area contributed by atoms with Gasteiger partial charge >= 0.3 is 0 Å². The van der Waals surface area contributed by atoms with Crippen LogP contribution in [0.5, 0.6) is 0 Å². The molecule has 106 valence electrons. The molecule has 1 unspecified atom stereocenters. The first kappa shape index (κ1) is 14.4. The molecule has 1 atom stereocenters. The van der Waals surface area contributed by atoms with Crippen LogP contribution in [0.3, 0.4) is 0 Å². The van der Waals surface area contributed by atoms with E-state index in [9.17, 15) is 12.8 Å². The van der Waals surface area contributed by atoms with Crippen LogP contribution in [-0.2, 0) is 10.0 Å². The molecule has 1 aliphatic heterocycles. The van der Waals surface area contributed by atoms with E-state index in [0.29, 0.717) is 13.1 Å². The van der Waals surface area contributed by atoms with Crippen molar-refractivity contribution in [2.45, 2.75) is 30.7 Å². The maximum Gasteiger partial charge on any atom is 0.243 e. The summed E-state index contributed by atoms with van der Waals surface area (Å²) in [5.74, 6) is -0.428. The van der Waals surface area contributed by atoms with Crippen LogP contribution in [0.4, 0.5) is 4.39 Å². The molecule has 1 N–H and O–H groups in total. The van der Waals surface area contributed by atoms with Gasteiger partial charge in [0.2, 0.25) is 10.0 Å². The molecule has 1 aromatic rings. The third-order valence-corrected chi connectivity index (χ3v) is 5.21. The number of benzene rings is 1. The quantitative estimate of drug-likeness (QED) is 0.914. The fourth-order valence-corrected chi connectivity index (χ4v) is 3.90. The summed E-state index contributed by atoms with van der Waals surface area (Å²) in [5.41, 5.74) is 0. The highest BCUT2D eigenvalue weighted by atomic mass is 32.2. The average Bonchev–Trinajstić information content (AvgIpc) is 2.40. The zero-order chi connectivity index (χ0) is 13.9. The van der Waals surface area contributed by atoms with E-state index in [1.165, 1.54) is 28.6 Å². The Labute approximate surface area is 113 Å². The molecule has 0 aromatic heterocycles. The minimum absolute atomic E-state index is 0.158. The Morgan fingerprint density at radius 2 is 2.05 bits per heavy atom. The van der Waals surface area contributed by atoms with Crippen LogP contribution in [0, 0.1) is 5.82 Å². The van der Waals surface area contributed by atoms with Gasteiger partial charge in [0.05, 0.1) is 4.90 Å². The molecular formula is C13H19FN2O2S. The van der Waals surface area contributed by atoms with Gasteiger partial charge < -0.3 is 5.32 Å². The fraction of sp³-hybridized carbons (Fsp3) is 0.538. The van der Waals surface area contributed by atoms with Crippen LogP contribution in [-0.4, -0.2) is 38.4 Å². The smallest absolute Gasteiger partial charge is 0.243 e. The largest absolute Gasteiger partial charge is 0.313 e. The first-order valence-corrected chi connectivity index (χ1v) is 7.97. The minimum atomic E-state index is -3.50. The van der Waals surface area contributed by atoms with Crippen molar-refractivity contribution in [2.24, 2.45) is 0 Å². The molecule has 0 bridgehead atoms. The summed E-state index contributed by atoms with van der Waals surface area (Å²) in [6.07, 6.45) is 1.83. The van der Waals surface area contributed by atoms with Crippen molar-refractivity contribution in [1.82, 2.24) is 9.62 Å². The predicted molar refractivity (Wildman–Crippen MR) is 71.9 cm³/mol. The van der Waals surface area contributed by atoms with Crippen molar-refractivity contribution in [2.75, 3.05) is 19.6 Å². The number of rotatable bonds is 4. The maximum atomic E-state index is 12.9. The summed E-state index contributed by atoms with van der Waals surface area (Å²) in [7, 11) is -3.50. The van der Waals surface area contributed by atoms with Crippen LogP contribution in [0.1, 0.15) is 19.8 Å². The Morgan fingerprint density at radius 1 is 1.37 bits per heavy atom. The summed E-state index contributed by atoms with van der Waals surface area (Å²) < 4.78 is 39.2. The van der Waals surface area contributed by atoms with Crippen LogP contribution in [0.2, 0.25) is 0 Å². The molecule has 1 fully saturated rings. The van der Waals surface area contributed by atoms with E-state index in [4.69, 9.17) is 0 Å². The summed E-state index contributed by atoms with van der Waals surface area (Å²) in [4.78, 5) is 0.158. The second kappa shape index (κ2) is 5.98. The molecule has 1 aromatic carbocycles. The molecule has 1 aliphatic rings. The molecule has 0 radical (unpaired) electrons. The Kier molecular flexibility index (Phi) is 4.54. The van der Waals surface area contributed by atoms with Crippen molar-refractivity contribution < 1.29 is 12.8 Å². The van der Waals surface area contributed by atoms with Crippen molar-refractivity contribution in [3.63, 3.8) is 0 Å². The van der Waals surface area contributed by atoms with Crippen molar-refractivity contribution >= 4 is 10.0 Å². The number of halogens is 1. The minimum Gasteiger partial charge on any atom is -0.313 e. The molecule has 1 saturated heterocycles. The van der Waals surface area contributed by atoms with Crippen molar-refractivity contribution in [3.8, 4) is 0 Å². The number of nitrogens with zero attached hydrogens (tertiary/aromatic N) is 1. The molecule has 0 aliphatic carbocycles. The average molecular weight is 286 g/mol. The molecule has 2 rings (SSSR count). The Bertz CT molecular complexity index is 514. The lowest BCUT2D eigenvalue weighted by Gasteiger charge is -2.32. The maximum absolute atomic E-state index is 12.9. The Morgan fingerprint density at radius 3 is 2.68 bits per heavy atom. The second-order valence-corrected chi connectivity index (χ2v) is 6.65. The molecule has 4 nitrogen and oxygen atoms in total. The number of hydrogen-bond donors (Lipinski definition) is 1. The topological polar surface area (TPSA) is 49.4 Å². The van der Waals surface area contributed by atoms with Gasteiger partial charge in [0, 0.05) is 19.1 Å². The second-order valence-electron chi connectivity index (χ2n) is 4.71. The zero-order valence-electron chi connectivity index (χ0n) is 11.0. The van der Waals surface area contributed by atoms with E-state index in [-0.39, 0.29) is 10.9 Å². The van der Waals surface area contributed by atoms with Crippen molar-refractivity contribution in [3.05, 3.63) is 30.1 Å². The van der Waals surface area contributed by atoms with Gasteiger partial charge in [0.15, 0.2) is 0 Å². The summed E-state index contributed by atoms with van der Waals surface area (Å²) in [6, 6.07) is 5.20. The number of piperidine rings is 1. The van der Waals surface area contributed by atoms with E-state index in [2.05, 4.69) is 5.32 Å². The fourth-order valence-electron chi connectivity index (χ4n) is 2.37. The van der Waals surface area contributed by atoms with E-state index in [0.717, 1.165) is 19.4 Å². The van der Waals surface area contributed by atoms with Gasteiger partial charge in [0.1, 0.15) is 5.82 Å². The zero-order valence-corrected chi connectivity index (χ0v) is 11.8. The summed E-state index contributed by atoms with van der Waals surface area (Å²) >= 11 is 0. The van der Waals surface area contributed by atoms with Crippen LogP contribution < -0.4 is 5.32 Å². The monoisotopic (exact) mass is 286 g/mol. The van der Waals surface area contributed by atoms with Gasteiger partial charge in [-0.05, 0) is 43.7 Å². The van der Waals surface area contributed by atoms with Crippen LogP contribution in [0.25, 0.3) is 0 Å². The number of likely N-dealkylation sites (N-methyl/N-ethyl adjacent to an activating group) is 1. The molecule has 6 heteroatoms. The highest BCUT2D eigenvalue weighted by molar-refractivity contribution is 7.89. The Hall–Kier alpha value is -0.980. The van der Waals surface area contributed by atoms with Gasteiger partial charge in [-0.3, -0.25) is 0 Å². The molecule has 0 saturated carbocycles. The lowest BCUT2D eigenvalue weighted by atomic mass is 10.1. The lowest BCUT2D eigenvalue weighted by Crippen LogP contribution is -2.47. The lowest BCUT2D eigenvalue weighted by molar-refractivity contribution is 0.286. The standard InChI is InChI=1S/C13H19FN2O2S/c1-2-15-12-4-3-9-16(10-12)19(17,18)13-7-5-11(14)6-8-13/h5-8,12,15H,2-4,9-10H2,1H3. The first-order chi connectivity index (χ1) is 9.04. The SMILES string of the molecule is CCNC1CCCN(S(=O)(=O)c2ccc(F)cc2)C1. The van der Waals surface area contributed by atoms with E-state index >= 15 is 0 Å². The van der Waals surface area contributed by atoms with Crippen LogP contribution in [0.15, 0.2) is 29.2 Å². The van der Waals surface area contributed by atoms with Crippen LogP contribution >= 0.6 is 0 Å². The molecule has 0 spiro atoms. The normalized spacial score (nSPS) is 21.5. The third kappa shape index (κ3) is 3.32. The summed E-state index contributed by atoms with van der Waals surface area (Å²) in [6.45, 7) is 3.84.